The van der Waals surface area contributed by atoms with Gasteiger partial charge in [-0.2, -0.15) is 0 Å². The van der Waals surface area contributed by atoms with Crippen molar-refractivity contribution < 1.29 is 29.6 Å². The molecule has 0 aliphatic rings. The van der Waals surface area contributed by atoms with Crippen LogP contribution in [0.2, 0.25) is 0 Å². The molecule has 0 radical (unpaired) electrons. The molecule has 218 valence electrons. The Morgan fingerprint density at radius 2 is 1.13 bits per heavy atom. The van der Waals surface area contributed by atoms with E-state index in [1.54, 1.807) is 25.3 Å². The maximum Gasteiger partial charge on any atom is 0.224 e. The highest BCUT2D eigenvalue weighted by Crippen LogP contribution is 2.23. The number of amides is 2. The average molecular weight is 545 g/mol. The quantitative estimate of drug-likeness (QED) is 0.127. The highest BCUT2D eigenvalue weighted by atomic mass is 16.5. The fourth-order valence-corrected chi connectivity index (χ4v) is 3.93. The van der Waals surface area contributed by atoms with Crippen LogP contribution in [0.15, 0.2) is 36.4 Å². The Hall–Kier alpha value is -3.42. The second-order valence-corrected chi connectivity index (χ2v) is 9.69. The van der Waals surface area contributed by atoms with E-state index >= 15 is 0 Å². The minimum absolute atomic E-state index is 0.0394. The Kier molecular flexibility index (Phi) is 17.7. The van der Waals surface area contributed by atoms with Crippen molar-refractivity contribution in [1.29, 1.82) is 0 Å². The Morgan fingerprint density at radius 3 is 1.67 bits per heavy atom. The fourth-order valence-electron chi connectivity index (χ4n) is 3.93. The molecule has 8 heteroatoms. The lowest BCUT2D eigenvalue weighted by Crippen LogP contribution is -2.26. The van der Waals surface area contributed by atoms with Crippen LogP contribution in [0.25, 0.3) is 0 Å². The average Bonchev–Trinajstić information content (AvgIpc) is 2.91. The third-order valence-electron chi connectivity index (χ3n) is 6.26. The Balaban J connectivity index is 0.000000391. The van der Waals surface area contributed by atoms with Gasteiger partial charge in [0.05, 0.1) is 20.0 Å². The van der Waals surface area contributed by atoms with Gasteiger partial charge in [-0.25, -0.2) is 0 Å². The summed E-state index contributed by atoms with van der Waals surface area (Å²) in [6.07, 6.45) is 11.9. The zero-order chi connectivity index (χ0) is 28.9. The van der Waals surface area contributed by atoms with Gasteiger partial charge in [0.15, 0.2) is 0 Å². The van der Waals surface area contributed by atoms with Gasteiger partial charge in [0.2, 0.25) is 11.8 Å². The zero-order valence-electron chi connectivity index (χ0n) is 23.9. The van der Waals surface area contributed by atoms with Gasteiger partial charge in [-0.05, 0) is 49.2 Å². The van der Waals surface area contributed by atoms with Crippen molar-refractivity contribution in [2.75, 3.05) is 20.2 Å². The van der Waals surface area contributed by atoms with Crippen molar-refractivity contribution >= 4 is 11.8 Å². The van der Waals surface area contributed by atoms with Crippen LogP contribution in [0.1, 0.15) is 89.2 Å². The normalized spacial score (nSPS) is 10.3. The van der Waals surface area contributed by atoms with Crippen LogP contribution in [-0.2, 0) is 22.4 Å². The zero-order valence-corrected chi connectivity index (χ0v) is 23.9. The summed E-state index contributed by atoms with van der Waals surface area (Å²) in [6.45, 7) is 5.72. The van der Waals surface area contributed by atoms with E-state index in [2.05, 4.69) is 24.5 Å². The number of hydrogen-bond acceptors (Lipinski definition) is 6. The smallest absolute Gasteiger partial charge is 0.224 e. The van der Waals surface area contributed by atoms with E-state index in [1.165, 1.54) is 56.7 Å². The topological polar surface area (TPSA) is 128 Å². The largest absolute Gasteiger partial charge is 0.508 e. The van der Waals surface area contributed by atoms with E-state index in [1.807, 2.05) is 0 Å². The van der Waals surface area contributed by atoms with Crippen molar-refractivity contribution in [3.8, 4) is 23.0 Å². The van der Waals surface area contributed by atoms with Crippen LogP contribution >= 0.6 is 0 Å². The number of unbranched alkanes of at least 4 members (excludes halogenated alkanes) is 8. The van der Waals surface area contributed by atoms with Gasteiger partial charge in [-0.3, -0.25) is 9.59 Å². The lowest BCUT2D eigenvalue weighted by molar-refractivity contribution is -0.121. The van der Waals surface area contributed by atoms with Gasteiger partial charge in [0, 0.05) is 24.2 Å². The van der Waals surface area contributed by atoms with Crippen molar-refractivity contribution in [2.45, 2.75) is 90.9 Å². The first kappa shape index (κ1) is 33.6. The Labute approximate surface area is 233 Å². The van der Waals surface area contributed by atoms with Gasteiger partial charge >= 0.3 is 0 Å². The summed E-state index contributed by atoms with van der Waals surface area (Å²) in [5.41, 5.74) is 1.04. The highest BCUT2D eigenvalue weighted by molar-refractivity contribution is 5.80. The van der Waals surface area contributed by atoms with Gasteiger partial charge in [-0.1, -0.05) is 65.2 Å². The first-order valence-electron chi connectivity index (χ1n) is 14.2. The number of hydrogen-bond donors (Lipinski definition) is 5. The van der Waals surface area contributed by atoms with Gasteiger partial charge < -0.3 is 30.7 Å². The summed E-state index contributed by atoms with van der Waals surface area (Å²) in [6, 6.07) is 9.11. The number of phenols is 3. The lowest BCUT2D eigenvalue weighted by Gasteiger charge is -2.08. The summed E-state index contributed by atoms with van der Waals surface area (Å²) >= 11 is 0. The molecule has 2 aromatic carbocycles. The molecule has 0 saturated carbocycles. The molecule has 8 nitrogen and oxygen atoms in total. The molecule has 0 saturated heterocycles. The summed E-state index contributed by atoms with van der Waals surface area (Å²) in [7, 11) is 1.56. The van der Waals surface area contributed by atoms with E-state index in [0.717, 1.165) is 25.7 Å². The number of aromatic hydroxyl groups is 3. The summed E-state index contributed by atoms with van der Waals surface area (Å²) in [5.74, 6) is 0.670. The minimum atomic E-state index is -0.126. The van der Waals surface area contributed by atoms with Crippen LogP contribution in [0, 0.1) is 0 Å². The van der Waals surface area contributed by atoms with Gasteiger partial charge in [0.25, 0.3) is 0 Å². The molecule has 0 spiro atoms. The number of methoxy groups -OCH3 is 1. The molecule has 0 aliphatic carbocycles. The van der Waals surface area contributed by atoms with Crippen molar-refractivity contribution in [2.24, 2.45) is 0 Å². The van der Waals surface area contributed by atoms with E-state index in [-0.39, 0.29) is 41.9 Å². The molecule has 0 aromatic heterocycles. The first-order valence-corrected chi connectivity index (χ1v) is 14.2. The van der Waals surface area contributed by atoms with Crippen LogP contribution in [-0.4, -0.2) is 47.3 Å². The molecule has 0 heterocycles. The molecular weight excluding hydrogens is 496 g/mol. The molecule has 2 amide bonds. The second kappa shape index (κ2) is 20.5. The van der Waals surface area contributed by atoms with Gasteiger partial charge in [-0.15, -0.1) is 0 Å². The molecule has 0 aliphatic heterocycles. The Bertz CT molecular complexity index is 980. The molecule has 0 unspecified atom stereocenters. The standard InChI is InChI=1S/C16H25NO3.C15H23NO3/c1-2-3-4-5-6-7-10-17-16(20)12-13-11-14(18)8-9-15(13)19;1-3-4-5-6-9-16-15(18)11-12-10-13(19-2)7-8-14(12)17/h8-9,11,18-19H,2-7,10,12H2,1H3,(H,17,20);7-8,10,17H,3-6,9,11H2,1-2H3,(H,16,18). The fraction of sp³-hybridized carbons (Fsp3) is 0.548. The Morgan fingerprint density at radius 1 is 0.667 bits per heavy atom. The maximum atomic E-state index is 11.7. The number of ether oxygens (including phenoxy) is 1. The summed E-state index contributed by atoms with van der Waals surface area (Å²) in [5, 5.41) is 34.3. The van der Waals surface area contributed by atoms with Crippen LogP contribution in [0.3, 0.4) is 0 Å². The maximum absolute atomic E-state index is 11.7. The predicted molar refractivity (Wildman–Crippen MR) is 155 cm³/mol. The molecule has 5 N–H and O–H groups in total. The molecule has 0 atom stereocenters. The third kappa shape index (κ3) is 15.6. The molecule has 0 bridgehead atoms. The highest BCUT2D eigenvalue weighted by Gasteiger charge is 2.09. The molecule has 2 rings (SSSR count). The van der Waals surface area contributed by atoms with Crippen LogP contribution < -0.4 is 15.4 Å². The predicted octanol–water partition coefficient (Wildman–Crippen LogP) is 5.76. The van der Waals surface area contributed by atoms with E-state index in [0.29, 0.717) is 30.0 Å². The van der Waals surface area contributed by atoms with E-state index in [4.69, 9.17) is 4.74 Å². The first-order chi connectivity index (χ1) is 18.8. The van der Waals surface area contributed by atoms with E-state index in [9.17, 15) is 24.9 Å². The van der Waals surface area contributed by atoms with Gasteiger partial charge in [0.1, 0.15) is 23.0 Å². The molecule has 39 heavy (non-hydrogen) atoms. The lowest BCUT2D eigenvalue weighted by atomic mass is 10.1. The van der Waals surface area contributed by atoms with E-state index < -0.39 is 0 Å². The third-order valence-corrected chi connectivity index (χ3v) is 6.26. The second-order valence-electron chi connectivity index (χ2n) is 9.69. The minimum Gasteiger partial charge on any atom is -0.508 e. The van der Waals surface area contributed by atoms with Crippen molar-refractivity contribution in [3.63, 3.8) is 0 Å². The van der Waals surface area contributed by atoms with Crippen molar-refractivity contribution in [3.05, 3.63) is 47.5 Å². The number of nitrogens with one attached hydrogen (secondary N) is 2. The molecular formula is C31H48N2O6. The van der Waals surface area contributed by atoms with Crippen LogP contribution in [0.4, 0.5) is 0 Å². The number of rotatable bonds is 17. The van der Waals surface area contributed by atoms with Crippen LogP contribution in [0.5, 0.6) is 23.0 Å². The monoisotopic (exact) mass is 544 g/mol. The number of benzene rings is 2. The number of phenolic OH excluding ortho intramolecular Hbond substituents is 3. The molecule has 2 aromatic rings. The van der Waals surface area contributed by atoms with Crippen molar-refractivity contribution in [1.82, 2.24) is 10.6 Å². The number of carbonyl (C=O) groups excluding carboxylic acids is 2. The summed E-state index contributed by atoms with van der Waals surface area (Å²) < 4.78 is 5.07. The SMILES string of the molecule is CCCCCCCCNC(=O)Cc1cc(O)ccc1O.CCCCCCNC(=O)Cc1cc(OC)ccc1O. The number of carbonyl (C=O) groups is 2. The summed E-state index contributed by atoms with van der Waals surface area (Å²) in [4.78, 5) is 23.4. The molecule has 0 fully saturated rings.